The molecule has 0 aliphatic heterocycles. The summed E-state index contributed by atoms with van der Waals surface area (Å²) in [6, 6.07) is 17.9. The van der Waals surface area contributed by atoms with E-state index in [4.69, 9.17) is 17.3 Å². The van der Waals surface area contributed by atoms with Crippen LogP contribution < -0.4 is 11.1 Å². The molecule has 2 aliphatic rings. The van der Waals surface area contributed by atoms with E-state index >= 15 is 0 Å². The Balaban J connectivity index is 0.000000387. The highest BCUT2D eigenvalue weighted by Crippen LogP contribution is 2.34. The summed E-state index contributed by atoms with van der Waals surface area (Å²) in [5.74, 6) is 1.97. The topological polar surface area (TPSA) is 127 Å². The Hall–Kier alpha value is -3.03. The quantitative estimate of drug-likeness (QED) is 0.172. The van der Waals surface area contributed by atoms with Gasteiger partial charge in [-0.2, -0.15) is 0 Å². The molecule has 0 radical (unpaired) electrons. The molecule has 4 rings (SSSR count). The van der Waals surface area contributed by atoms with Crippen molar-refractivity contribution in [2.45, 2.75) is 104 Å². The summed E-state index contributed by atoms with van der Waals surface area (Å²) in [7, 11) is 0. The van der Waals surface area contributed by atoms with Gasteiger partial charge in [0.1, 0.15) is 12.3 Å². The van der Waals surface area contributed by atoms with Crippen LogP contribution in [0.5, 0.6) is 0 Å². The lowest BCUT2D eigenvalue weighted by Gasteiger charge is -2.30. The first kappa shape index (κ1) is 39.1. The predicted molar refractivity (Wildman–Crippen MR) is 186 cm³/mol. The standard InChI is InChI=1S/C19H27NO3.C10H17ClO.C9H11NO.H/c1-13(2)15-8-10-16(11-9-15)18(21)20-17(19(22)23)12-14-6-4-3-5-7-14;1-7(2)8-3-5-9(6-4-8)10(11)12;10-9(7-11)6-8-4-2-1-3-5-8;/h3-7,13,15-17H,8-12H2,1-2H3,(H,20,21)(H,22,23);7-9H,3-6H2,1-2H3;1-5,7,9H,6,10H2;/q;;;-1/t15?,16?,17-;;9-;/m1.1./s1/i;;;1+1. The van der Waals surface area contributed by atoms with Crippen molar-refractivity contribution >= 4 is 35.0 Å². The molecule has 0 heterocycles. The van der Waals surface area contributed by atoms with Crippen LogP contribution in [0.1, 0.15) is 91.6 Å². The third-order valence-electron chi connectivity index (χ3n) is 9.51. The number of amides is 1. The summed E-state index contributed by atoms with van der Waals surface area (Å²) in [4.78, 5) is 44.9. The summed E-state index contributed by atoms with van der Waals surface area (Å²) < 4.78 is 0. The highest BCUT2D eigenvalue weighted by atomic mass is 35.5. The van der Waals surface area contributed by atoms with E-state index in [1.807, 2.05) is 60.7 Å². The van der Waals surface area contributed by atoms with Gasteiger partial charge in [-0.1, -0.05) is 88.4 Å². The molecule has 4 N–H and O–H groups in total. The lowest BCUT2D eigenvalue weighted by atomic mass is 9.76. The number of aliphatic carboxylic acids is 1. The number of halogens is 1. The van der Waals surface area contributed by atoms with Crippen LogP contribution in [0.2, 0.25) is 0 Å². The molecule has 46 heavy (non-hydrogen) atoms. The van der Waals surface area contributed by atoms with Gasteiger partial charge in [-0.3, -0.25) is 9.59 Å². The fraction of sp³-hybridized carbons (Fsp3) is 0.579. The van der Waals surface area contributed by atoms with E-state index in [1.54, 1.807) is 0 Å². The van der Waals surface area contributed by atoms with E-state index in [1.165, 1.54) is 12.8 Å². The molecule has 7 nitrogen and oxygen atoms in total. The van der Waals surface area contributed by atoms with Gasteiger partial charge in [0.15, 0.2) is 0 Å². The molecule has 0 bridgehead atoms. The largest absolute Gasteiger partial charge is 1.00 e. The number of hydrogen-bond donors (Lipinski definition) is 3. The Kier molecular flexibility index (Phi) is 17.8. The smallest absolute Gasteiger partial charge is 0.326 e. The lowest BCUT2D eigenvalue weighted by molar-refractivity contribution is -0.142. The maximum atomic E-state index is 12.4. The number of benzene rings is 2. The minimum absolute atomic E-state index is 0. The van der Waals surface area contributed by atoms with Crippen LogP contribution in [0, 0.1) is 35.5 Å². The van der Waals surface area contributed by atoms with Gasteiger partial charge in [-0.05, 0) is 104 Å². The Morgan fingerprint density at radius 2 is 1.20 bits per heavy atom. The maximum Gasteiger partial charge on any atom is 0.326 e. The van der Waals surface area contributed by atoms with Crippen LogP contribution in [-0.4, -0.2) is 40.6 Å². The summed E-state index contributed by atoms with van der Waals surface area (Å²) in [5.41, 5.74) is 7.46. The molecule has 2 fully saturated rings. The third-order valence-corrected chi connectivity index (χ3v) is 9.82. The Labute approximate surface area is 282 Å². The highest BCUT2D eigenvalue weighted by molar-refractivity contribution is 6.63. The number of carbonyl (C=O) groups is 4. The zero-order valence-electron chi connectivity index (χ0n) is 29.1. The van der Waals surface area contributed by atoms with E-state index in [0.717, 1.165) is 67.8 Å². The van der Waals surface area contributed by atoms with Crippen molar-refractivity contribution in [2.75, 3.05) is 0 Å². The first-order valence-electron chi connectivity index (χ1n) is 16.9. The monoisotopic (exact) mass is 656 g/mol. The van der Waals surface area contributed by atoms with E-state index in [-0.39, 0.29) is 30.5 Å². The predicted octanol–water partition coefficient (Wildman–Crippen LogP) is 7.34. The summed E-state index contributed by atoms with van der Waals surface area (Å²) in [6.45, 7) is 8.97. The average molecular weight is 657 g/mol. The first-order chi connectivity index (χ1) is 21.9. The van der Waals surface area contributed by atoms with Gasteiger partial charge in [0.25, 0.3) is 0 Å². The highest BCUT2D eigenvalue weighted by Gasteiger charge is 2.30. The molecule has 2 saturated carbocycles. The molecule has 2 atom stereocenters. The van der Waals surface area contributed by atoms with Gasteiger partial charge < -0.3 is 22.4 Å². The lowest BCUT2D eigenvalue weighted by Crippen LogP contribution is -2.45. The number of carboxylic acid groups (broad SMARTS) is 1. The number of hydrogen-bond acceptors (Lipinski definition) is 5. The van der Waals surface area contributed by atoms with Crippen molar-refractivity contribution in [3.63, 3.8) is 0 Å². The van der Waals surface area contributed by atoms with Crippen molar-refractivity contribution in [1.29, 1.82) is 0 Å². The van der Waals surface area contributed by atoms with Crippen LogP contribution in [-0.2, 0) is 32.0 Å². The molecule has 2 aromatic rings. The van der Waals surface area contributed by atoms with Gasteiger partial charge in [-0.15, -0.1) is 0 Å². The zero-order chi connectivity index (χ0) is 34.1. The summed E-state index contributed by atoms with van der Waals surface area (Å²) in [5, 5.41) is 12.0. The Morgan fingerprint density at radius 3 is 1.57 bits per heavy atom. The van der Waals surface area contributed by atoms with Gasteiger partial charge in [-0.25, -0.2) is 4.79 Å². The molecule has 2 aliphatic carbocycles. The minimum Gasteiger partial charge on any atom is -1.00 e. The van der Waals surface area contributed by atoms with E-state index in [9.17, 15) is 24.3 Å². The second-order valence-corrected chi connectivity index (χ2v) is 14.0. The van der Waals surface area contributed by atoms with Crippen LogP contribution in [0.25, 0.3) is 0 Å². The number of carbonyl (C=O) groups excluding carboxylic acids is 3. The van der Waals surface area contributed by atoms with Crippen molar-refractivity contribution in [3.8, 4) is 0 Å². The Bertz CT molecular complexity index is 1180. The average Bonchev–Trinajstić information content (AvgIpc) is 3.06. The number of nitrogens with two attached hydrogens (primary N) is 1. The van der Waals surface area contributed by atoms with Crippen LogP contribution in [0.4, 0.5) is 0 Å². The first-order valence-corrected chi connectivity index (χ1v) is 17.3. The Morgan fingerprint density at radius 1 is 0.783 bits per heavy atom. The molecule has 0 spiro atoms. The molecule has 0 unspecified atom stereocenters. The van der Waals surface area contributed by atoms with E-state index in [2.05, 4.69) is 33.0 Å². The van der Waals surface area contributed by atoms with Gasteiger partial charge >= 0.3 is 5.97 Å². The van der Waals surface area contributed by atoms with Crippen molar-refractivity contribution in [3.05, 3.63) is 71.8 Å². The second-order valence-electron chi connectivity index (χ2n) is 13.6. The molecule has 8 heteroatoms. The van der Waals surface area contributed by atoms with E-state index in [0.29, 0.717) is 24.7 Å². The zero-order valence-corrected chi connectivity index (χ0v) is 28.8. The minimum atomic E-state index is -0.974. The fourth-order valence-corrected chi connectivity index (χ4v) is 6.55. The third kappa shape index (κ3) is 14.6. The summed E-state index contributed by atoms with van der Waals surface area (Å²) >= 11 is 5.44. The normalized spacial score (nSPS) is 22.3. The number of nitrogens with one attached hydrogen (secondary N) is 1. The fourth-order valence-electron chi connectivity index (χ4n) is 6.33. The molecule has 2 aromatic carbocycles. The molecule has 256 valence electrons. The number of aldehydes is 1. The molecular weight excluding hydrogens is 600 g/mol. The molecular formula is C38H56ClN2O5-. The van der Waals surface area contributed by atoms with Crippen molar-refractivity contribution in [2.24, 2.45) is 41.2 Å². The second kappa shape index (κ2) is 21.0. The number of carboxylic acids is 1. The van der Waals surface area contributed by atoms with Crippen LogP contribution in [0.3, 0.4) is 0 Å². The molecule has 0 aromatic heterocycles. The molecule has 0 saturated heterocycles. The van der Waals surface area contributed by atoms with Crippen LogP contribution >= 0.6 is 11.6 Å². The SMILES string of the molecule is CC(C)C1CCC(C(=O)Cl)CC1.CC(C)C1CCC(C(=O)N[C@H](Cc2ccccc2)C(=O)O)CC1.N[C@@H](C=O)Cc1ccccc1.[2H-]. The van der Waals surface area contributed by atoms with Crippen molar-refractivity contribution < 1.29 is 25.7 Å². The molecule has 1 amide bonds. The van der Waals surface area contributed by atoms with Crippen molar-refractivity contribution in [1.82, 2.24) is 5.32 Å². The van der Waals surface area contributed by atoms with Gasteiger partial charge in [0.05, 0.1) is 6.04 Å². The summed E-state index contributed by atoms with van der Waals surface area (Å²) in [6.07, 6.45) is 9.95. The van der Waals surface area contributed by atoms with E-state index < -0.39 is 12.0 Å². The maximum absolute atomic E-state index is 12.4. The van der Waals surface area contributed by atoms with Crippen LogP contribution in [0.15, 0.2) is 60.7 Å². The van der Waals surface area contributed by atoms with Gasteiger partial charge in [0.2, 0.25) is 11.1 Å². The number of rotatable bonds is 11. The van der Waals surface area contributed by atoms with Gasteiger partial charge in [0, 0.05) is 18.3 Å².